The van der Waals surface area contributed by atoms with Crippen LogP contribution in [0.2, 0.25) is 5.02 Å². The molecule has 0 saturated heterocycles. The maximum Gasteiger partial charge on any atom is 0.223 e. The van der Waals surface area contributed by atoms with Gasteiger partial charge in [0.05, 0.1) is 6.61 Å². The second-order valence-corrected chi connectivity index (χ2v) is 5.13. The van der Waals surface area contributed by atoms with Crippen LogP contribution in [-0.2, 0) is 14.3 Å². The van der Waals surface area contributed by atoms with E-state index in [-0.39, 0.29) is 18.2 Å². The summed E-state index contributed by atoms with van der Waals surface area (Å²) in [6, 6.07) is 5.33. The van der Waals surface area contributed by atoms with Crippen LogP contribution in [0.5, 0.6) is 0 Å². The molecule has 0 heterocycles. The minimum Gasteiger partial charge on any atom is -0.383 e. The summed E-state index contributed by atoms with van der Waals surface area (Å²) in [5, 5.41) is 3.35. The minimum absolute atomic E-state index is 0.106. The molecule has 0 aliphatic rings. The zero-order chi connectivity index (χ0) is 15.8. The van der Waals surface area contributed by atoms with Crippen LogP contribution in [0.1, 0.15) is 18.9 Å². The number of anilines is 1. The third-order valence-electron chi connectivity index (χ3n) is 3.02. The third kappa shape index (κ3) is 5.73. The number of aryl methyl sites for hydroxylation is 1. The van der Waals surface area contributed by atoms with Gasteiger partial charge in [-0.1, -0.05) is 11.6 Å². The molecule has 1 rings (SSSR count). The van der Waals surface area contributed by atoms with Crippen molar-refractivity contribution in [2.75, 3.05) is 31.7 Å². The van der Waals surface area contributed by atoms with Crippen LogP contribution in [0.4, 0.5) is 5.69 Å². The Hall–Kier alpha value is -1.59. The molecule has 0 radical (unpaired) electrons. The Morgan fingerprint density at radius 3 is 2.67 bits per heavy atom. The van der Waals surface area contributed by atoms with Crippen molar-refractivity contribution in [3.63, 3.8) is 0 Å². The molecule has 0 unspecified atom stereocenters. The molecule has 1 aromatic carbocycles. The van der Waals surface area contributed by atoms with Gasteiger partial charge in [0.25, 0.3) is 0 Å². The molecule has 1 N–H and O–H groups in total. The molecule has 0 fully saturated rings. The average Bonchev–Trinajstić information content (AvgIpc) is 2.41. The van der Waals surface area contributed by atoms with Gasteiger partial charge in [-0.05, 0) is 30.7 Å². The van der Waals surface area contributed by atoms with Crippen LogP contribution < -0.4 is 10.2 Å². The molecular formula is C15H21ClN2O3. The van der Waals surface area contributed by atoms with E-state index in [1.807, 2.05) is 6.92 Å². The molecule has 0 aromatic heterocycles. The van der Waals surface area contributed by atoms with E-state index >= 15 is 0 Å². The van der Waals surface area contributed by atoms with Crippen LogP contribution >= 0.6 is 11.6 Å². The number of ether oxygens (including phenoxy) is 1. The van der Waals surface area contributed by atoms with E-state index in [9.17, 15) is 9.59 Å². The van der Waals surface area contributed by atoms with Gasteiger partial charge in [-0.3, -0.25) is 9.59 Å². The van der Waals surface area contributed by atoms with E-state index in [2.05, 4.69) is 5.32 Å². The maximum atomic E-state index is 11.8. The molecule has 6 heteroatoms. The minimum atomic E-state index is -0.107. The smallest absolute Gasteiger partial charge is 0.223 e. The summed E-state index contributed by atoms with van der Waals surface area (Å²) >= 11 is 5.92. The number of hydrogen-bond donors (Lipinski definition) is 1. The van der Waals surface area contributed by atoms with Gasteiger partial charge >= 0.3 is 0 Å². The topological polar surface area (TPSA) is 58.6 Å². The number of methoxy groups -OCH3 is 1. The van der Waals surface area contributed by atoms with E-state index in [1.54, 1.807) is 30.2 Å². The first-order valence-corrected chi connectivity index (χ1v) is 7.13. The Balaban J connectivity index is 2.66. The lowest BCUT2D eigenvalue weighted by molar-refractivity contribution is -0.121. The fourth-order valence-electron chi connectivity index (χ4n) is 1.96. The Morgan fingerprint density at radius 1 is 1.38 bits per heavy atom. The summed E-state index contributed by atoms with van der Waals surface area (Å²) in [5.41, 5.74) is 1.68. The van der Waals surface area contributed by atoms with Crippen LogP contribution in [0.25, 0.3) is 0 Å². The first-order chi connectivity index (χ1) is 9.95. The second-order valence-electron chi connectivity index (χ2n) is 4.69. The number of rotatable bonds is 7. The Kier molecular flexibility index (Phi) is 7.19. The Bertz CT molecular complexity index is 506. The molecule has 0 spiro atoms. The molecule has 1 aromatic rings. The Morgan fingerprint density at radius 2 is 2.10 bits per heavy atom. The summed E-state index contributed by atoms with van der Waals surface area (Å²) in [4.78, 5) is 25.1. The highest BCUT2D eigenvalue weighted by molar-refractivity contribution is 6.30. The number of benzene rings is 1. The SMILES string of the molecule is COCCNC(=O)CCN(C(C)=O)c1ccc(Cl)cc1C. The molecule has 0 bridgehead atoms. The number of carbonyl (C=O) groups excluding carboxylic acids is 2. The van der Waals surface area contributed by atoms with Gasteiger partial charge < -0.3 is 15.0 Å². The summed E-state index contributed by atoms with van der Waals surface area (Å²) < 4.78 is 4.86. The lowest BCUT2D eigenvalue weighted by atomic mass is 10.1. The highest BCUT2D eigenvalue weighted by Crippen LogP contribution is 2.23. The summed E-state index contributed by atoms with van der Waals surface area (Å²) in [7, 11) is 1.58. The lowest BCUT2D eigenvalue weighted by Crippen LogP contribution is -2.35. The highest BCUT2D eigenvalue weighted by atomic mass is 35.5. The molecule has 0 aliphatic heterocycles. The number of hydrogen-bond acceptors (Lipinski definition) is 3. The lowest BCUT2D eigenvalue weighted by Gasteiger charge is -2.23. The van der Waals surface area contributed by atoms with Crippen molar-refractivity contribution in [2.24, 2.45) is 0 Å². The first kappa shape index (κ1) is 17.5. The average molecular weight is 313 g/mol. The Labute approximate surface area is 130 Å². The van der Waals surface area contributed by atoms with E-state index in [1.165, 1.54) is 6.92 Å². The number of nitrogens with one attached hydrogen (secondary N) is 1. The van der Waals surface area contributed by atoms with Gasteiger partial charge in [-0.25, -0.2) is 0 Å². The van der Waals surface area contributed by atoms with Gasteiger partial charge in [-0.2, -0.15) is 0 Å². The standard InChI is InChI=1S/C15H21ClN2O3/c1-11-10-13(16)4-5-14(11)18(12(2)19)8-6-15(20)17-7-9-21-3/h4-5,10H,6-9H2,1-3H3,(H,17,20). The van der Waals surface area contributed by atoms with E-state index in [0.717, 1.165) is 11.3 Å². The molecule has 116 valence electrons. The molecule has 21 heavy (non-hydrogen) atoms. The molecule has 0 atom stereocenters. The maximum absolute atomic E-state index is 11.8. The molecule has 0 saturated carbocycles. The third-order valence-corrected chi connectivity index (χ3v) is 3.26. The van der Waals surface area contributed by atoms with Gasteiger partial charge in [0.2, 0.25) is 11.8 Å². The number of carbonyl (C=O) groups is 2. The molecule has 0 aliphatic carbocycles. The largest absolute Gasteiger partial charge is 0.383 e. The molecule has 2 amide bonds. The predicted octanol–water partition coefficient (Wildman–Crippen LogP) is 2.15. The van der Waals surface area contributed by atoms with Crippen molar-refractivity contribution in [3.05, 3.63) is 28.8 Å². The van der Waals surface area contributed by atoms with E-state index in [4.69, 9.17) is 16.3 Å². The van der Waals surface area contributed by atoms with Gasteiger partial charge in [0.1, 0.15) is 0 Å². The quantitative estimate of drug-likeness (QED) is 0.785. The van der Waals surface area contributed by atoms with Crippen molar-refractivity contribution < 1.29 is 14.3 Å². The number of amides is 2. The first-order valence-electron chi connectivity index (χ1n) is 6.75. The zero-order valence-electron chi connectivity index (χ0n) is 12.6. The van der Waals surface area contributed by atoms with Crippen LogP contribution in [-0.4, -0.2) is 38.6 Å². The van der Waals surface area contributed by atoms with Crippen LogP contribution in [0.15, 0.2) is 18.2 Å². The van der Waals surface area contributed by atoms with Gasteiger partial charge in [0.15, 0.2) is 0 Å². The van der Waals surface area contributed by atoms with Gasteiger partial charge in [0, 0.05) is 44.3 Å². The van der Waals surface area contributed by atoms with E-state index < -0.39 is 0 Å². The van der Waals surface area contributed by atoms with Crippen molar-refractivity contribution in [1.29, 1.82) is 0 Å². The monoisotopic (exact) mass is 312 g/mol. The van der Waals surface area contributed by atoms with E-state index in [0.29, 0.717) is 24.7 Å². The number of halogens is 1. The number of nitrogens with zero attached hydrogens (tertiary/aromatic N) is 1. The summed E-state index contributed by atoms with van der Waals surface area (Å²) in [6.45, 7) is 4.64. The second kappa shape index (κ2) is 8.64. The summed E-state index contributed by atoms with van der Waals surface area (Å²) in [5.74, 6) is -0.213. The fourth-order valence-corrected chi connectivity index (χ4v) is 2.19. The summed E-state index contributed by atoms with van der Waals surface area (Å²) in [6.07, 6.45) is 0.241. The van der Waals surface area contributed by atoms with Crippen molar-refractivity contribution in [1.82, 2.24) is 5.32 Å². The van der Waals surface area contributed by atoms with Crippen LogP contribution in [0, 0.1) is 6.92 Å². The zero-order valence-corrected chi connectivity index (χ0v) is 13.4. The van der Waals surface area contributed by atoms with Crippen molar-refractivity contribution >= 4 is 29.1 Å². The molecular weight excluding hydrogens is 292 g/mol. The van der Waals surface area contributed by atoms with Gasteiger partial charge in [-0.15, -0.1) is 0 Å². The van der Waals surface area contributed by atoms with Crippen molar-refractivity contribution in [2.45, 2.75) is 20.3 Å². The predicted molar refractivity (Wildman–Crippen MR) is 83.7 cm³/mol. The van der Waals surface area contributed by atoms with Crippen LogP contribution in [0.3, 0.4) is 0 Å². The highest BCUT2D eigenvalue weighted by Gasteiger charge is 2.15. The normalized spacial score (nSPS) is 10.3. The van der Waals surface area contributed by atoms with Crippen molar-refractivity contribution in [3.8, 4) is 0 Å². The molecule has 5 nitrogen and oxygen atoms in total. The fraction of sp³-hybridized carbons (Fsp3) is 0.467.